The van der Waals surface area contributed by atoms with E-state index < -0.39 is 0 Å². The van der Waals surface area contributed by atoms with Gasteiger partial charge >= 0.3 is 0 Å². The minimum absolute atomic E-state index is 0.116. The van der Waals surface area contributed by atoms with Crippen molar-refractivity contribution in [2.75, 3.05) is 0 Å². The fourth-order valence-corrected chi connectivity index (χ4v) is 1.86. The number of nitrogens with zero attached hydrogens (tertiary/aromatic N) is 1. The largest absolute Gasteiger partial charge is 0.320 e. The van der Waals surface area contributed by atoms with Gasteiger partial charge in [-0.2, -0.15) is 0 Å². The van der Waals surface area contributed by atoms with E-state index in [1.165, 1.54) is 12.0 Å². The molecule has 0 unspecified atom stereocenters. The van der Waals surface area contributed by atoms with Crippen molar-refractivity contribution in [3.8, 4) is 0 Å². The molecule has 2 rings (SSSR count). The van der Waals surface area contributed by atoms with Gasteiger partial charge in [0.2, 0.25) is 0 Å². The molecule has 2 N–H and O–H groups in total. The number of pyridine rings is 1. The van der Waals surface area contributed by atoms with Crippen molar-refractivity contribution in [3.63, 3.8) is 0 Å². The van der Waals surface area contributed by atoms with Crippen LogP contribution < -0.4 is 5.73 Å². The molecule has 1 aromatic heterocycles. The van der Waals surface area contributed by atoms with Gasteiger partial charge in [0.05, 0.1) is 11.2 Å². The molecule has 0 aromatic carbocycles. The van der Waals surface area contributed by atoms with E-state index in [0.717, 1.165) is 18.5 Å². The summed E-state index contributed by atoms with van der Waals surface area (Å²) in [5.74, 6) is 0.548. The Morgan fingerprint density at radius 1 is 1.36 bits per heavy atom. The van der Waals surface area contributed by atoms with Gasteiger partial charge in [0.1, 0.15) is 0 Å². The van der Waals surface area contributed by atoms with E-state index in [4.69, 9.17) is 5.73 Å². The number of aromatic nitrogens is 1. The Morgan fingerprint density at radius 3 is 2.43 bits per heavy atom. The fourth-order valence-electron chi connectivity index (χ4n) is 1.86. The van der Waals surface area contributed by atoms with Crippen molar-refractivity contribution in [2.24, 2.45) is 5.73 Å². The highest BCUT2D eigenvalue weighted by atomic mass is 14.9. The fraction of sp³-hybridized carbons (Fsp3) is 0.583. The molecule has 0 amide bonds. The van der Waals surface area contributed by atoms with Crippen LogP contribution in [-0.2, 0) is 5.54 Å². The molecule has 0 saturated heterocycles. The summed E-state index contributed by atoms with van der Waals surface area (Å²) in [6, 6.07) is 4.24. The summed E-state index contributed by atoms with van der Waals surface area (Å²) in [4.78, 5) is 4.47. The first-order chi connectivity index (χ1) is 6.62. The SMILES string of the molecule is CC(C)c1ccc(C2(N)CCC2)nc1. The highest BCUT2D eigenvalue weighted by Gasteiger charge is 2.35. The number of nitrogens with two attached hydrogens (primary N) is 1. The molecule has 0 radical (unpaired) electrons. The summed E-state index contributed by atoms with van der Waals surface area (Å²) in [5.41, 5.74) is 8.42. The third-order valence-electron chi connectivity index (χ3n) is 3.21. The van der Waals surface area contributed by atoms with Crippen molar-refractivity contribution in [3.05, 3.63) is 29.6 Å². The molecule has 1 fully saturated rings. The van der Waals surface area contributed by atoms with Gasteiger partial charge < -0.3 is 5.73 Å². The zero-order valence-corrected chi connectivity index (χ0v) is 8.96. The molecule has 76 valence electrons. The van der Waals surface area contributed by atoms with Crippen molar-refractivity contribution >= 4 is 0 Å². The highest BCUT2D eigenvalue weighted by molar-refractivity contribution is 5.23. The van der Waals surface area contributed by atoms with Crippen molar-refractivity contribution in [1.82, 2.24) is 4.98 Å². The van der Waals surface area contributed by atoms with Crippen LogP contribution >= 0.6 is 0 Å². The van der Waals surface area contributed by atoms with E-state index in [0.29, 0.717) is 5.92 Å². The van der Waals surface area contributed by atoms with Crippen LogP contribution in [0.4, 0.5) is 0 Å². The first-order valence-electron chi connectivity index (χ1n) is 5.37. The van der Waals surface area contributed by atoms with E-state index in [1.54, 1.807) is 0 Å². The molecular formula is C12H18N2. The summed E-state index contributed by atoms with van der Waals surface area (Å²) < 4.78 is 0. The molecule has 1 aliphatic carbocycles. The summed E-state index contributed by atoms with van der Waals surface area (Å²) in [5, 5.41) is 0. The van der Waals surface area contributed by atoms with E-state index in [1.807, 2.05) is 6.20 Å². The maximum atomic E-state index is 6.19. The van der Waals surface area contributed by atoms with E-state index >= 15 is 0 Å². The Labute approximate surface area is 85.5 Å². The summed E-state index contributed by atoms with van der Waals surface area (Å²) in [6.07, 6.45) is 5.37. The van der Waals surface area contributed by atoms with Gasteiger partial charge in [0.25, 0.3) is 0 Å². The molecule has 14 heavy (non-hydrogen) atoms. The lowest BCUT2D eigenvalue weighted by Crippen LogP contribution is -2.44. The van der Waals surface area contributed by atoms with Gasteiger partial charge in [-0.3, -0.25) is 4.98 Å². The van der Waals surface area contributed by atoms with Gasteiger partial charge in [0, 0.05) is 6.20 Å². The molecule has 0 spiro atoms. The molecule has 1 saturated carbocycles. The number of hydrogen-bond acceptors (Lipinski definition) is 2. The highest BCUT2D eigenvalue weighted by Crippen LogP contribution is 2.37. The van der Waals surface area contributed by atoms with Crippen molar-refractivity contribution < 1.29 is 0 Å². The molecule has 0 aliphatic heterocycles. The lowest BCUT2D eigenvalue weighted by Gasteiger charge is -2.37. The summed E-state index contributed by atoms with van der Waals surface area (Å²) in [7, 11) is 0. The first-order valence-corrected chi connectivity index (χ1v) is 5.37. The lowest BCUT2D eigenvalue weighted by atomic mass is 9.75. The Balaban J connectivity index is 2.21. The van der Waals surface area contributed by atoms with Crippen LogP contribution in [0.15, 0.2) is 18.3 Å². The Hall–Kier alpha value is -0.890. The first kappa shape index (κ1) is 9.66. The third kappa shape index (κ3) is 1.55. The van der Waals surface area contributed by atoms with Crippen LogP contribution in [0.1, 0.15) is 50.3 Å². The van der Waals surface area contributed by atoms with Gasteiger partial charge in [-0.25, -0.2) is 0 Å². The molecule has 1 heterocycles. The maximum absolute atomic E-state index is 6.19. The van der Waals surface area contributed by atoms with Gasteiger partial charge in [0.15, 0.2) is 0 Å². The Kier molecular flexibility index (Phi) is 2.31. The second kappa shape index (κ2) is 3.35. The smallest absolute Gasteiger partial charge is 0.0602 e. The topological polar surface area (TPSA) is 38.9 Å². The van der Waals surface area contributed by atoms with Crippen LogP contribution in [-0.4, -0.2) is 4.98 Å². The Morgan fingerprint density at radius 2 is 2.07 bits per heavy atom. The van der Waals surface area contributed by atoms with E-state index in [2.05, 4.69) is 31.0 Å². The van der Waals surface area contributed by atoms with Crippen LogP contribution in [0.25, 0.3) is 0 Å². The van der Waals surface area contributed by atoms with Crippen molar-refractivity contribution in [1.29, 1.82) is 0 Å². The standard InChI is InChI=1S/C12H18N2/c1-9(2)10-4-5-11(14-8-10)12(13)6-3-7-12/h4-5,8-9H,3,6-7,13H2,1-2H3. The minimum atomic E-state index is -0.116. The van der Waals surface area contributed by atoms with Gasteiger partial charge in [-0.15, -0.1) is 0 Å². The average Bonchev–Trinajstić information content (AvgIpc) is 2.14. The van der Waals surface area contributed by atoms with Gasteiger partial charge in [-0.05, 0) is 36.8 Å². The molecule has 0 atom stereocenters. The maximum Gasteiger partial charge on any atom is 0.0602 e. The number of hydrogen-bond donors (Lipinski definition) is 1. The van der Waals surface area contributed by atoms with Crippen LogP contribution in [0.3, 0.4) is 0 Å². The molecule has 2 nitrogen and oxygen atoms in total. The average molecular weight is 190 g/mol. The monoisotopic (exact) mass is 190 g/mol. The van der Waals surface area contributed by atoms with E-state index in [-0.39, 0.29) is 5.54 Å². The lowest BCUT2D eigenvalue weighted by molar-refractivity contribution is 0.246. The minimum Gasteiger partial charge on any atom is -0.320 e. The van der Waals surface area contributed by atoms with Crippen LogP contribution in [0.5, 0.6) is 0 Å². The zero-order chi connectivity index (χ0) is 10.2. The normalized spacial score (nSPS) is 19.4. The van der Waals surface area contributed by atoms with E-state index in [9.17, 15) is 0 Å². The van der Waals surface area contributed by atoms with Gasteiger partial charge in [-0.1, -0.05) is 19.9 Å². The quantitative estimate of drug-likeness (QED) is 0.778. The number of rotatable bonds is 2. The van der Waals surface area contributed by atoms with Crippen LogP contribution in [0.2, 0.25) is 0 Å². The van der Waals surface area contributed by atoms with Crippen LogP contribution in [0, 0.1) is 0 Å². The predicted molar refractivity (Wildman–Crippen MR) is 58.0 cm³/mol. The Bertz CT molecular complexity index is 310. The molecule has 1 aromatic rings. The molecule has 2 heteroatoms. The summed E-state index contributed by atoms with van der Waals surface area (Å²) in [6.45, 7) is 4.36. The third-order valence-corrected chi connectivity index (χ3v) is 3.21. The second-order valence-corrected chi connectivity index (χ2v) is 4.64. The molecule has 0 bridgehead atoms. The molecule has 1 aliphatic rings. The zero-order valence-electron chi connectivity index (χ0n) is 8.96. The summed E-state index contributed by atoms with van der Waals surface area (Å²) >= 11 is 0. The molecular weight excluding hydrogens is 172 g/mol. The second-order valence-electron chi connectivity index (χ2n) is 4.64. The predicted octanol–water partition coefficient (Wildman–Crippen LogP) is 2.54. The van der Waals surface area contributed by atoms with Crippen molar-refractivity contribution in [2.45, 2.75) is 44.6 Å².